The molecule has 2 heterocycles. The normalized spacial score (nSPS) is 15.0. The van der Waals surface area contributed by atoms with Crippen LogP contribution in [0.5, 0.6) is 11.6 Å². The summed E-state index contributed by atoms with van der Waals surface area (Å²) in [6.07, 6.45) is 2.55. The van der Waals surface area contributed by atoms with Crippen molar-refractivity contribution < 1.29 is 18.7 Å². The van der Waals surface area contributed by atoms with Gasteiger partial charge in [-0.15, -0.1) is 0 Å². The molecular weight excluding hydrogens is 481 g/mol. The van der Waals surface area contributed by atoms with E-state index in [1.54, 1.807) is 16.8 Å². The zero-order valence-corrected chi connectivity index (χ0v) is 21.8. The fraction of sp³-hybridized carbons (Fsp3) is 0.290. The van der Waals surface area contributed by atoms with E-state index >= 15 is 0 Å². The number of hydrogen-bond donors (Lipinski definition) is 0. The van der Waals surface area contributed by atoms with E-state index in [1.807, 2.05) is 73.3 Å². The Hall–Kier alpha value is -3.97. The summed E-state index contributed by atoms with van der Waals surface area (Å²) >= 11 is 0. The van der Waals surface area contributed by atoms with Crippen molar-refractivity contribution in [3.8, 4) is 17.3 Å². The first kappa shape index (κ1) is 25.7. The third kappa shape index (κ3) is 5.78. The lowest BCUT2D eigenvalue weighted by Gasteiger charge is -2.26. The standard InChI is InChI=1S/C31H32FN3O3/c1-3-29-28(21-34(20-27-10-7-19-37-27)30(36)23-13-11-22(2)12-14-23)31(38-26-17-15-24(32)16-18-26)35(33-29)25-8-5-4-6-9-25/h4-6,8-9,11-18,27H,3,7,10,19-21H2,1-2H3/t27-/m0/s1. The highest BCUT2D eigenvalue weighted by Crippen LogP contribution is 2.33. The zero-order chi connectivity index (χ0) is 26.5. The lowest BCUT2D eigenvalue weighted by molar-refractivity contribution is 0.0505. The predicted molar refractivity (Wildman–Crippen MR) is 144 cm³/mol. The van der Waals surface area contributed by atoms with Crippen LogP contribution < -0.4 is 4.74 Å². The molecule has 1 saturated heterocycles. The van der Waals surface area contributed by atoms with Crippen molar-refractivity contribution in [2.45, 2.75) is 45.8 Å². The Bertz CT molecular complexity index is 1360. The zero-order valence-electron chi connectivity index (χ0n) is 21.8. The van der Waals surface area contributed by atoms with E-state index in [-0.39, 0.29) is 17.8 Å². The third-order valence-electron chi connectivity index (χ3n) is 6.77. The van der Waals surface area contributed by atoms with E-state index in [9.17, 15) is 9.18 Å². The van der Waals surface area contributed by atoms with Gasteiger partial charge in [-0.1, -0.05) is 42.8 Å². The van der Waals surface area contributed by atoms with Gasteiger partial charge in [-0.05, 0) is 74.7 Å². The van der Waals surface area contributed by atoms with Gasteiger partial charge in [-0.3, -0.25) is 4.79 Å². The molecule has 0 bridgehead atoms. The van der Waals surface area contributed by atoms with Gasteiger partial charge in [0.05, 0.1) is 29.6 Å². The van der Waals surface area contributed by atoms with Crippen molar-refractivity contribution in [3.05, 3.63) is 107 Å². The highest BCUT2D eigenvalue weighted by Gasteiger charge is 2.28. The van der Waals surface area contributed by atoms with Crippen LogP contribution in [0.1, 0.15) is 46.9 Å². The molecule has 1 aliphatic heterocycles. The fourth-order valence-corrected chi connectivity index (χ4v) is 4.71. The van der Waals surface area contributed by atoms with Crippen LogP contribution in [-0.2, 0) is 17.7 Å². The molecular formula is C31H32FN3O3. The molecule has 0 unspecified atom stereocenters. The number of carbonyl (C=O) groups excluding carboxylic acids is 1. The molecule has 0 aliphatic carbocycles. The van der Waals surface area contributed by atoms with Crippen molar-refractivity contribution in [3.63, 3.8) is 0 Å². The van der Waals surface area contributed by atoms with Crippen molar-refractivity contribution in [2.75, 3.05) is 13.2 Å². The van der Waals surface area contributed by atoms with Gasteiger partial charge in [0, 0.05) is 18.7 Å². The monoisotopic (exact) mass is 513 g/mol. The van der Waals surface area contributed by atoms with Crippen molar-refractivity contribution in [2.24, 2.45) is 0 Å². The Morgan fingerprint density at radius 3 is 2.47 bits per heavy atom. The van der Waals surface area contributed by atoms with Crippen LogP contribution >= 0.6 is 0 Å². The van der Waals surface area contributed by atoms with Crippen LogP contribution in [0.3, 0.4) is 0 Å². The first-order valence-corrected chi connectivity index (χ1v) is 13.1. The lowest BCUT2D eigenvalue weighted by atomic mass is 10.1. The molecule has 0 N–H and O–H groups in total. The maximum absolute atomic E-state index is 13.8. The van der Waals surface area contributed by atoms with Crippen LogP contribution in [0.4, 0.5) is 4.39 Å². The van der Waals surface area contributed by atoms with Crippen molar-refractivity contribution >= 4 is 5.91 Å². The van der Waals surface area contributed by atoms with Crippen LogP contribution in [0, 0.1) is 12.7 Å². The second kappa shape index (κ2) is 11.6. The summed E-state index contributed by atoms with van der Waals surface area (Å²) in [5.41, 5.74) is 4.21. The summed E-state index contributed by atoms with van der Waals surface area (Å²) in [6.45, 7) is 5.53. The van der Waals surface area contributed by atoms with Crippen LogP contribution in [0.25, 0.3) is 5.69 Å². The number of carbonyl (C=O) groups is 1. The van der Waals surface area contributed by atoms with E-state index in [2.05, 4.69) is 0 Å². The Balaban J connectivity index is 1.56. The van der Waals surface area contributed by atoms with Gasteiger partial charge in [-0.2, -0.15) is 5.10 Å². The van der Waals surface area contributed by atoms with Gasteiger partial charge >= 0.3 is 0 Å². The molecule has 196 valence electrons. The summed E-state index contributed by atoms with van der Waals surface area (Å²) < 4.78 is 27.7. The molecule has 7 heteroatoms. The van der Waals surface area contributed by atoms with E-state index in [0.29, 0.717) is 43.3 Å². The average Bonchev–Trinajstić information content (AvgIpc) is 3.58. The number of halogens is 1. The maximum atomic E-state index is 13.8. The Labute approximate surface area is 222 Å². The summed E-state index contributed by atoms with van der Waals surface area (Å²) in [6, 6.07) is 23.3. The highest BCUT2D eigenvalue weighted by atomic mass is 19.1. The minimum atomic E-state index is -0.338. The van der Waals surface area contributed by atoms with Gasteiger partial charge in [-0.25, -0.2) is 9.07 Å². The molecule has 1 atom stereocenters. The molecule has 0 saturated carbocycles. The molecule has 4 aromatic rings. The number of amides is 1. The number of rotatable bonds is 9. The number of aromatic nitrogens is 2. The number of aryl methyl sites for hydroxylation is 2. The lowest BCUT2D eigenvalue weighted by Crippen LogP contribution is -2.37. The molecule has 0 spiro atoms. The smallest absolute Gasteiger partial charge is 0.254 e. The Kier molecular flexibility index (Phi) is 7.84. The summed E-state index contributed by atoms with van der Waals surface area (Å²) in [5, 5.41) is 4.89. The maximum Gasteiger partial charge on any atom is 0.254 e. The molecule has 5 rings (SSSR count). The molecule has 1 aliphatic rings. The van der Waals surface area contributed by atoms with Crippen LogP contribution in [-0.4, -0.2) is 39.8 Å². The predicted octanol–water partition coefficient (Wildman–Crippen LogP) is 6.50. The number of hydrogen-bond acceptors (Lipinski definition) is 4. The molecule has 6 nitrogen and oxygen atoms in total. The number of para-hydroxylation sites is 1. The summed E-state index contributed by atoms with van der Waals surface area (Å²) in [5.74, 6) is 0.592. The van der Waals surface area contributed by atoms with E-state index in [1.165, 1.54) is 12.1 Å². The summed E-state index contributed by atoms with van der Waals surface area (Å²) in [7, 11) is 0. The first-order chi connectivity index (χ1) is 18.5. The third-order valence-corrected chi connectivity index (χ3v) is 6.77. The van der Waals surface area contributed by atoms with E-state index in [4.69, 9.17) is 14.6 Å². The van der Waals surface area contributed by atoms with Gasteiger partial charge in [0.25, 0.3) is 5.91 Å². The van der Waals surface area contributed by atoms with E-state index < -0.39 is 0 Å². The molecule has 1 amide bonds. The van der Waals surface area contributed by atoms with Crippen LogP contribution in [0.2, 0.25) is 0 Å². The minimum absolute atomic E-state index is 0.0138. The van der Waals surface area contributed by atoms with Crippen molar-refractivity contribution in [1.29, 1.82) is 0 Å². The fourth-order valence-electron chi connectivity index (χ4n) is 4.71. The SMILES string of the molecule is CCc1nn(-c2ccccc2)c(Oc2ccc(F)cc2)c1CN(C[C@@H]1CCCO1)C(=O)c1ccc(C)cc1. The van der Waals surface area contributed by atoms with Gasteiger partial charge in [0.1, 0.15) is 11.6 Å². The van der Waals surface area contributed by atoms with Crippen LogP contribution in [0.15, 0.2) is 78.9 Å². The number of ether oxygens (including phenoxy) is 2. The Morgan fingerprint density at radius 1 is 1.08 bits per heavy atom. The molecule has 1 fully saturated rings. The van der Waals surface area contributed by atoms with E-state index in [0.717, 1.165) is 35.3 Å². The first-order valence-electron chi connectivity index (χ1n) is 13.1. The molecule has 1 aromatic heterocycles. The number of nitrogens with zero attached hydrogens (tertiary/aromatic N) is 3. The minimum Gasteiger partial charge on any atom is -0.439 e. The largest absolute Gasteiger partial charge is 0.439 e. The van der Waals surface area contributed by atoms with Gasteiger partial charge in [0.15, 0.2) is 0 Å². The topological polar surface area (TPSA) is 56.6 Å². The average molecular weight is 514 g/mol. The number of benzene rings is 3. The van der Waals surface area contributed by atoms with Gasteiger partial charge < -0.3 is 14.4 Å². The molecule has 3 aromatic carbocycles. The van der Waals surface area contributed by atoms with Crippen molar-refractivity contribution in [1.82, 2.24) is 14.7 Å². The molecule has 0 radical (unpaired) electrons. The highest BCUT2D eigenvalue weighted by molar-refractivity contribution is 5.94. The molecule has 38 heavy (non-hydrogen) atoms. The van der Waals surface area contributed by atoms with Gasteiger partial charge in [0.2, 0.25) is 5.88 Å². The second-order valence-corrected chi connectivity index (χ2v) is 9.57. The Morgan fingerprint density at radius 2 is 1.82 bits per heavy atom. The summed E-state index contributed by atoms with van der Waals surface area (Å²) in [4.78, 5) is 15.6. The second-order valence-electron chi connectivity index (χ2n) is 9.57. The quantitative estimate of drug-likeness (QED) is 0.257.